The number of nitrogens with zero attached hydrogens (tertiary/aromatic N) is 3. The molecule has 2 aliphatic rings. The minimum Gasteiger partial charge on any atom is -0.477 e. The maximum atomic E-state index is 13.8. The molecule has 1 fully saturated rings. The molecule has 0 radical (unpaired) electrons. The highest BCUT2D eigenvalue weighted by molar-refractivity contribution is 7.92. The summed E-state index contributed by atoms with van der Waals surface area (Å²) in [4.78, 5) is 11.9. The number of methoxy groups -OCH3 is 1. The zero-order chi connectivity index (χ0) is 31.4. The van der Waals surface area contributed by atoms with E-state index >= 15 is 0 Å². The van der Waals surface area contributed by atoms with E-state index in [2.05, 4.69) is 46.6 Å². The van der Waals surface area contributed by atoms with Gasteiger partial charge in [-0.05, 0) is 99.6 Å². The molecular formula is C35H48N4O4S. The molecule has 0 saturated heterocycles. The van der Waals surface area contributed by atoms with Crippen LogP contribution < -0.4 is 9.46 Å². The number of likely N-dealkylation sites (N-methyl/N-ethyl adjacent to an activating group) is 1. The van der Waals surface area contributed by atoms with E-state index in [1.165, 1.54) is 0 Å². The van der Waals surface area contributed by atoms with E-state index in [-0.39, 0.29) is 22.7 Å². The highest BCUT2D eigenvalue weighted by Crippen LogP contribution is 2.44. The number of nitrogens with one attached hydrogen (secondary N) is 1. The molecule has 1 aliphatic heterocycles. The lowest BCUT2D eigenvalue weighted by atomic mass is 9.68. The number of hydrogen-bond acceptors (Lipinski definition) is 7. The van der Waals surface area contributed by atoms with Crippen LogP contribution in [0.4, 0.5) is 5.95 Å². The molecule has 0 amide bonds. The maximum absolute atomic E-state index is 13.8. The van der Waals surface area contributed by atoms with Gasteiger partial charge in [-0.3, -0.25) is 0 Å². The lowest BCUT2D eigenvalue weighted by Crippen LogP contribution is -2.39. The van der Waals surface area contributed by atoms with Crippen LogP contribution in [-0.4, -0.2) is 63.2 Å². The Kier molecular flexibility index (Phi) is 10.3. The van der Waals surface area contributed by atoms with E-state index in [0.29, 0.717) is 36.1 Å². The number of ether oxygens (including phenoxy) is 2. The first-order valence-electron chi connectivity index (χ1n) is 16.0. The van der Waals surface area contributed by atoms with Gasteiger partial charge in [0.15, 0.2) is 0 Å². The third kappa shape index (κ3) is 7.44. The van der Waals surface area contributed by atoms with E-state index in [1.807, 2.05) is 50.2 Å². The van der Waals surface area contributed by atoms with Gasteiger partial charge >= 0.3 is 0 Å². The molecule has 9 heteroatoms. The number of sulfonamides is 1. The summed E-state index contributed by atoms with van der Waals surface area (Å²) in [6.45, 7) is 10.7. The molecule has 2 heterocycles. The fraction of sp³-hybridized carbons (Fsp3) is 0.543. The first-order chi connectivity index (χ1) is 21.1. The molecule has 8 nitrogen and oxygen atoms in total. The summed E-state index contributed by atoms with van der Waals surface area (Å²) in [6.07, 6.45) is 5.38. The number of fused-ring (bicyclic) bond motifs is 4. The quantitative estimate of drug-likeness (QED) is 0.295. The maximum Gasteiger partial charge on any atom is 0.264 e. The normalized spacial score (nSPS) is 23.4. The topological polar surface area (TPSA) is 93.7 Å². The summed E-state index contributed by atoms with van der Waals surface area (Å²) in [5, 5.41) is 0. The van der Waals surface area contributed by atoms with Crippen molar-refractivity contribution in [1.82, 2.24) is 14.9 Å². The highest BCUT2D eigenvalue weighted by atomic mass is 32.2. The number of rotatable bonds is 8. The lowest BCUT2D eigenvalue weighted by Gasteiger charge is -2.41. The smallest absolute Gasteiger partial charge is 0.264 e. The van der Waals surface area contributed by atoms with Gasteiger partial charge in [-0.1, -0.05) is 44.2 Å². The number of anilines is 1. The van der Waals surface area contributed by atoms with Gasteiger partial charge in [0, 0.05) is 37.2 Å². The molecule has 5 rings (SSSR count). The van der Waals surface area contributed by atoms with Crippen molar-refractivity contribution >= 4 is 16.0 Å². The van der Waals surface area contributed by atoms with Crippen LogP contribution in [0.1, 0.15) is 68.6 Å². The fourth-order valence-electron chi connectivity index (χ4n) is 7.32. The first-order valence-corrected chi connectivity index (χ1v) is 17.4. The number of aryl methyl sites for hydroxylation is 2. The lowest BCUT2D eigenvalue weighted by molar-refractivity contribution is 0.0946. The summed E-state index contributed by atoms with van der Waals surface area (Å²) >= 11 is 0. The van der Waals surface area contributed by atoms with Gasteiger partial charge in [-0.15, -0.1) is 0 Å². The summed E-state index contributed by atoms with van der Waals surface area (Å²) in [5.74, 6) is 1.63. The minimum atomic E-state index is -3.94. The van der Waals surface area contributed by atoms with E-state index < -0.39 is 10.0 Å². The average Bonchev–Trinajstić information content (AvgIpc) is 2.98. The average molecular weight is 621 g/mol. The third-order valence-electron chi connectivity index (χ3n) is 9.47. The zero-order valence-electron chi connectivity index (χ0n) is 27.0. The third-order valence-corrected chi connectivity index (χ3v) is 10.8. The van der Waals surface area contributed by atoms with Crippen molar-refractivity contribution in [2.45, 2.75) is 76.7 Å². The van der Waals surface area contributed by atoms with Gasteiger partial charge in [0.2, 0.25) is 11.8 Å². The molecular weight excluding hydrogens is 572 g/mol. The van der Waals surface area contributed by atoms with Crippen molar-refractivity contribution in [3.05, 3.63) is 65.2 Å². The van der Waals surface area contributed by atoms with E-state index in [4.69, 9.17) is 9.47 Å². The SMILES string of the molecule is COCCN(C)C1CCC(C2c3cccc(c3)S(=O)(=O)Nc3nc(cc(-c4c(C)cccc4C)n3)OC[C@H]2CC(C)C)CC1. The van der Waals surface area contributed by atoms with Gasteiger partial charge < -0.3 is 14.4 Å². The van der Waals surface area contributed by atoms with Crippen molar-refractivity contribution in [1.29, 1.82) is 0 Å². The van der Waals surface area contributed by atoms with E-state index in [0.717, 1.165) is 67.5 Å². The molecule has 2 atom stereocenters. The summed E-state index contributed by atoms with van der Waals surface area (Å²) in [7, 11) is 0.00714. The minimum absolute atomic E-state index is 0.0130. The van der Waals surface area contributed by atoms with E-state index in [9.17, 15) is 8.42 Å². The second-order valence-corrected chi connectivity index (χ2v) is 14.8. The first kappa shape index (κ1) is 32.4. The molecule has 1 saturated carbocycles. The largest absolute Gasteiger partial charge is 0.477 e. The molecule has 1 aromatic heterocycles. The van der Waals surface area contributed by atoms with Crippen molar-refractivity contribution in [3.8, 4) is 17.1 Å². The summed E-state index contributed by atoms with van der Waals surface area (Å²) in [5.41, 5.74) is 4.77. The predicted octanol–water partition coefficient (Wildman–Crippen LogP) is 6.84. The monoisotopic (exact) mass is 620 g/mol. The van der Waals surface area contributed by atoms with Crippen LogP contribution in [0.3, 0.4) is 0 Å². The van der Waals surface area contributed by atoms with Gasteiger partial charge in [0.1, 0.15) is 0 Å². The van der Waals surface area contributed by atoms with Crippen molar-refractivity contribution in [3.63, 3.8) is 0 Å². The van der Waals surface area contributed by atoms with Crippen molar-refractivity contribution < 1.29 is 17.9 Å². The number of hydrogen-bond donors (Lipinski definition) is 1. The molecule has 4 bridgehead atoms. The van der Waals surface area contributed by atoms with Crippen LogP contribution >= 0.6 is 0 Å². The molecule has 3 aromatic rings. The van der Waals surface area contributed by atoms with Crippen LogP contribution in [0.25, 0.3) is 11.3 Å². The molecule has 2 aromatic carbocycles. The molecule has 1 N–H and O–H groups in total. The standard InChI is InChI=1S/C35H48N4O4S/c1-23(2)19-28-22-43-32-21-31(33-24(3)9-7-10-25(33)4)36-35(37-32)38-44(40,41)30-12-8-11-27(20-30)34(28)26-13-15-29(16-14-26)39(5)17-18-42-6/h7-12,20-21,23,26,28-29,34H,13-19,22H2,1-6H3,(H,36,37,38)/t26?,28-,29?,34?/m1/s1. The summed E-state index contributed by atoms with van der Waals surface area (Å²) in [6, 6.07) is 16.0. The molecule has 238 valence electrons. The molecule has 1 aliphatic carbocycles. The van der Waals surface area contributed by atoms with Crippen molar-refractivity contribution in [2.24, 2.45) is 17.8 Å². The Bertz CT molecular complexity index is 1520. The highest BCUT2D eigenvalue weighted by Gasteiger charge is 2.36. The Morgan fingerprint density at radius 1 is 1.02 bits per heavy atom. The van der Waals surface area contributed by atoms with Gasteiger partial charge in [-0.2, -0.15) is 4.98 Å². The second kappa shape index (κ2) is 14.0. The molecule has 1 unspecified atom stereocenters. The van der Waals surface area contributed by atoms with Crippen LogP contribution in [0, 0.1) is 31.6 Å². The van der Waals surface area contributed by atoms with Gasteiger partial charge in [0.25, 0.3) is 10.0 Å². The Morgan fingerprint density at radius 3 is 2.41 bits per heavy atom. The Hall–Kier alpha value is -3.01. The summed E-state index contributed by atoms with van der Waals surface area (Å²) < 4.78 is 42.0. The zero-order valence-corrected chi connectivity index (χ0v) is 27.9. The number of benzene rings is 2. The van der Waals surface area contributed by atoms with E-state index in [1.54, 1.807) is 13.2 Å². The van der Waals surface area contributed by atoms with Crippen LogP contribution in [0.5, 0.6) is 5.88 Å². The Balaban J connectivity index is 1.55. The number of aromatic nitrogens is 2. The fourth-order valence-corrected chi connectivity index (χ4v) is 8.32. The predicted molar refractivity (Wildman–Crippen MR) is 176 cm³/mol. The van der Waals surface area contributed by atoms with Crippen molar-refractivity contribution in [2.75, 3.05) is 38.6 Å². The van der Waals surface area contributed by atoms with Crippen LogP contribution in [-0.2, 0) is 14.8 Å². The van der Waals surface area contributed by atoms with Gasteiger partial charge in [0.05, 0.1) is 23.8 Å². The Labute approximate surface area is 263 Å². The van der Waals surface area contributed by atoms with Crippen LogP contribution in [0.15, 0.2) is 53.4 Å². The second-order valence-electron chi connectivity index (χ2n) is 13.1. The molecule has 0 spiro atoms. The Morgan fingerprint density at radius 2 is 1.73 bits per heavy atom. The van der Waals surface area contributed by atoms with Crippen LogP contribution in [0.2, 0.25) is 0 Å². The molecule has 44 heavy (non-hydrogen) atoms. The van der Waals surface area contributed by atoms with Gasteiger partial charge in [-0.25, -0.2) is 18.1 Å².